The number of carbonyl (C=O) groups excluding carboxylic acids is 2. The van der Waals surface area contributed by atoms with Crippen molar-refractivity contribution < 1.29 is 14.0 Å². The Kier molecular flexibility index (Phi) is 4.01. The number of nitrogens with one attached hydrogen (secondary N) is 1. The van der Waals surface area contributed by atoms with Crippen molar-refractivity contribution in [1.29, 1.82) is 0 Å². The van der Waals surface area contributed by atoms with Gasteiger partial charge >= 0.3 is 0 Å². The van der Waals surface area contributed by atoms with E-state index >= 15 is 0 Å². The molecule has 0 saturated carbocycles. The molecular formula is C17H22N6O3. The minimum atomic E-state index is -0.487. The molecule has 4 rings (SSSR count). The Balaban J connectivity index is 1.43. The molecular weight excluding hydrogens is 336 g/mol. The van der Waals surface area contributed by atoms with Gasteiger partial charge in [0.1, 0.15) is 24.5 Å². The van der Waals surface area contributed by atoms with Gasteiger partial charge in [0.25, 0.3) is 5.91 Å². The van der Waals surface area contributed by atoms with E-state index < -0.39 is 5.54 Å². The highest BCUT2D eigenvalue weighted by atomic mass is 16.3. The summed E-state index contributed by atoms with van der Waals surface area (Å²) in [7, 11) is 0. The SMILES string of the molecule is Cc1nc(C(=O)NC2(C)CCN(C(=O)C3CCCc4ncnn43)C2)co1. The molecule has 4 heterocycles. The Morgan fingerprint density at radius 3 is 3.04 bits per heavy atom. The van der Waals surface area contributed by atoms with E-state index in [1.807, 2.05) is 11.8 Å². The second-order valence-corrected chi connectivity index (χ2v) is 7.31. The van der Waals surface area contributed by atoms with Crippen molar-refractivity contribution in [3.63, 3.8) is 0 Å². The fourth-order valence-corrected chi connectivity index (χ4v) is 3.79. The van der Waals surface area contributed by atoms with E-state index in [-0.39, 0.29) is 23.6 Å². The molecule has 2 aromatic rings. The number of oxazole rings is 1. The lowest BCUT2D eigenvalue weighted by atomic mass is 10.0. The average molecular weight is 358 g/mol. The topological polar surface area (TPSA) is 106 Å². The van der Waals surface area contributed by atoms with Crippen molar-refractivity contribution in [1.82, 2.24) is 30.0 Å². The first-order chi connectivity index (χ1) is 12.5. The van der Waals surface area contributed by atoms with E-state index in [1.54, 1.807) is 11.6 Å². The Hall–Kier alpha value is -2.71. The molecule has 0 aliphatic carbocycles. The highest BCUT2D eigenvalue weighted by molar-refractivity contribution is 5.92. The second kappa shape index (κ2) is 6.22. The predicted molar refractivity (Wildman–Crippen MR) is 90.3 cm³/mol. The lowest BCUT2D eigenvalue weighted by Crippen LogP contribution is -2.49. The van der Waals surface area contributed by atoms with Crippen LogP contribution in [0.25, 0.3) is 0 Å². The number of carbonyl (C=O) groups is 2. The van der Waals surface area contributed by atoms with E-state index in [0.29, 0.717) is 25.4 Å². The van der Waals surface area contributed by atoms with Crippen molar-refractivity contribution in [2.24, 2.45) is 0 Å². The fourth-order valence-electron chi connectivity index (χ4n) is 3.79. The van der Waals surface area contributed by atoms with E-state index in [9.17, 15) is 9.59 Å². The summed E-state index contributed by atoms with van der Waals surface area (Å²) in [6.07, 6.45) is 6.11. The van der Waals surface area contributed by atoms with Crippen LogP contribution in [0.2, 0.25) is 0 Å². The summed E-state index contributed by atoms with van der Waals surface area (Å²) in [4.78, 5) is 35.5. The number of likely N-dealkylation sites (tertiary alicyclic amines) is 1. The summed E-state index contributed by atoms with van der Waals surface area (Å²) in [5.74, 6) is 1.08. The summed E-state index contributed by atoms with van der Waals surface area (Å²) < 4.78 is 6.84. The molecule has 2 amide bonds. The van der Waals surface area contributed by atoms with Crippen LogP contribution in [0, 0.1) is 6.92 Å². The van der Waals surface area contributed by atoms with Crippen LogP contribution in [0.15, 0.2) is 17.0 Å². The Bertz CT molecular complexity index is 843. The number of aromatic nitrogens is 4. The maximum atomic E-state index is 13.0. The molecule has 1 saturated heterocycles. The molecule has 2 unspecified atom stereocenters. The van der Waals surface area contributed by atoms with Crippen molar-refractivity contribution in [2.45, 2.75) is 51.1 Å². The summed E-state index contributed by atoms with van der Waals surface area (Å²) in [6.45, 7) is 4.72. The number of hydrogen-bond acceptors (Lipinski definition) is 6. The standard InChI is InChI=1S/C17H22N6O3/c1-11-20-12(8-26-11)15(24)21-17(2)6-7-22(9-17)16(25)13-4-3-5-14-18-10-19-23(13)14/h8,10,13H,3-7,9H2,1-2H3,(H,21,24). The highest BCUT2D eigenvalue weighted by Crippen LogP contribution is 2.28. The average Bonchev–Trinajstić information content (AvgIpc) is 3.33. The smallest absolute Gasteiger partial charge is 0.273 e. The van der Waals surface area contributed by atoms with Crippen LogP contribution in [0.3, 0.4) is 0 Å². The van der Waals surface area contributed by atoms with E-state index in [4.69, 9.17) is 4.42 Å². The van der Waals surface area contributed by atoms with Gasteiger partial charge in [-0.3, -0.25) is 9.59 Å². The normalized spacial score (nSPS) is 25.2. The van der Waals surface area contributed by atoms with Gasteiger partial charge in [-0.15, -0.1) is 0 Å². The zero-order valence-electron chi connectivity index (χ0n) is 14.9. The van der Waals surface area contributed by atoms with Crippen LogP contribution < -0.4 is 5.32 Å². The van der Waals surface area contributed by atoms with Gasteiger partial charge in [-0.05, 0) is 26.2 Å². The minimum Gasteiger partial charge on any atom is -0.448 e. The third kappa shape index (κ3) is 2.97. The molecule has 26 heavy (non-hydrogen) atoms. The van der Waals surface area contributed by atoms with Gasteiger partial charge in [0.15, 0.2) is 11.6 Å². The van der Waals surface area contributed by atoms with E-state index in [2.05, 4.69) is 20.4 Å². The lowest BCUT2D eigenvalue weighted by molar-refractivity contribution is -0.134. The number of amides is 2. The van der Waals surface area contributed by atoms with Crippen LogP contribution in [-0.2, 0) is 11.2 Å². The predicted octanol–water partition coefficient (Wildman–Crippen LogP) is 0.873. The second-order valence-electron chi connectivity index (χ2n) is 7.31. The van der Waals surface area contributed by atoms with Gasteiger partial charge in [0, 0.05) is 26.4 Å². The van der Waals surface area contributed by atoms with Gasteiger partial charge in [0.05, 0.1) is 5.54 Å². The Morgan fingerprint density at radius 2 is 2.27 bits per heavy atom. The molecule has 1 N–H and O–H groups in total. The van der Waals surface area contributed by atoms with Crippen LogP contribution in [-0.4, -0.2) is 55.1 Å². The number of aryl methyl sites for hydroxylation is 2. The first-order valence-corrected chi connectivity index (χ1v) is 8.87. The van der Waals surface area contributed by atoms with E-state index in [1.165, 1.54) is 12.6 Å². The van der Waals surface area contributed by atoms with Crippen LogP contribution in [0.4, 0.5) is 0 Å². The summed E-state index contributed by atoms with van der Waals surface area (Å²) in [5, 5.41) is 7.22. The van der Waals surface area contributed by atoms with Crippen LogP contribution in [0.5, 0.6) is 0 Å². The molecule has 9 nitrogen and oxygen atoms in total. The molecule has 0 radical (unpaired) electrons. The monoisotopic (exact) mass is 358 g/mol. The molecule has 1 fully saturated rings. The Labute approximate surface area is 150 Å². The largest absolute Gasteiger partial charge is 0.448 e. The molecule has 9 heteroatoms. The van der Waals surface area contributed by atoms with Crippen molar-refractivity contribution in [3.05, 3.63) is 30.0 Å². The number of hydrogen-bond donors (Lipinski definition) is 1. The molecule has 138 valence electrons. The highest BCUT2D eigenvalue weighted by Gasteiger charge is 2.41. The number of nitrogens with zero attached hydrogens (tertiary/aromatic N) is 5. The first kappa shape index (κ1) is 16.7. The third-order valence-electron chi connectivity index (χ3n) is 5.16. The first-order valence-electron chi connectivity index (χ1n) is 8.87. The molecule has 2 aliphatic rings. The van der Waals surface area contributed by atoms with Crippen molar-refractivity contribution >= 4 is 11.8 Å². The molecule has 2 aliphatic heterocycles. The van der Waals surface area contributed by atoms with Gasteiger partial charge in [-0.2, -0.15) is 5.10 Å². The summed E-state index contributed by atoms with van der Waals surface area (Å²) >= 11 is 0. The lowest BCUT2D eigenvalue weighted by Gasteiger charge is -2.29. The van der Waals surface area contributed by atoms with Gasteiger partial charge in [-0.1, -0.05) is 0 Å². The van der Waals surface area contributed by atoms with E-state index in [0.717, 1.165) is 25.1 Å². The number of rotatable bonds is 3. The van der Waals surface area contributed by atoms with Gasteiger partial charge < -0.3 is 14.6 Å². The van der Waals surface area contributed by atoms with Crippen LogP contribution >= 0.6 is 0 Å². The van der Waals surface area contributed by atoms with Gasteiger partial charge in [0.2, 0.25) is 5.91 Å². The Morgan fingerprint density at radius 1 is 1.42 bits per heavy atom. The third-order valence-corrected chi connectivity index (χ3v) is 5.16. The number of fused-ring (bicyclic) bond motifs is 1. The maximum absolute atomic E-state index is 13.0. The summed E-state index contributed by atoms with van der Waals surface area (Å²) in [5.41, 5.74) is -0.229. The van der Waals surface area contributed by atoms with Crippen LogP contribution in [0.1, 0.15) is 54.4 Å². The zero-order valence-corrected chi connectivity index (χ0v) is 14.9. The molecule has 2 atom stereocenters. The molecule has 0 bridgehead atoms. The molecule has 0 spiro atoms. The zero-order chi connectivity index (χ0) is 18.3. The quantitative estimate of drug-likeness (QED) is 0.873. The maximum Gasteiger partial charge on any atom is 0.273 e. The summed E-state index contributed by atoms with van der Waals surface area (Å²) in [6, 6.07) is -0.294. The van der Waals surface area contributed by atoms with Crippen molar-refractivity contribution in [3.8, 4) is 0 Å². The fraction of sp³-hybridized carbons (Fsp3) is 0.588. The minimum absolute atomic E-state index is 0.0479. The van der Waals surface area contributed by atoms with Gasteiger partial charge in [-0.25, -0.2) is 14.6 Å². The van der Waals surface area contributed by atoms with Crippen molar-refractivity contribution in [2.75, 3.05) is 13.1 Å². The molecule has 0 aromatic carbocycles. The molecule has 2 aromatic heterocycles.